The Bertz CT molecular complexity index is 1350. The third-order valence-corrected chi connectivity index (χ3v) is 5.83. The molecule has 4 aromatic rings. The van der Waals surface area contributed by atoms with Crippen LogP contribution in [0.3, 0.4) is 0 Å². The quantitative estimate of drug-likeness (QED) is 0.468. The fourth-order valence-electron chi connectivity index (χ4n) is 3.04. The summed E-state index contributed by atoms with van der Waals surface area (Å²) in [6, 6.07) is 6.56. The largest absolute Gasteiger partial charge is 0.459 e. The maximum absolute atomic E-state index is 12.6. The van der Waals surface area contributed by atoms with E-state index in [1.54, 1.807) is 24.4 Å². The summed E-state index contributed by atoms with van der Waals surface area (Å²) in [5, 5.41) is 0.601. The monoisotopic (exact) mass is 410 g/mol. The van der Waals surface area contributed by atoms with Crippen molar-refractivity contribution >= 4 is 33.2 Å². The summed E-state index contributed by atoms with van der Waals surface area (Å²) in [7, 11) is 0. The van der Waals surface area contributed by atoms with E-state index in [2.05, 4.69) is 9.97 Å². The zero-order valence-electron chi connectivity index (χ0n) is 15.9. The van der Waals surface area contributed by atoms with Gasteiger partial charge in [0.2, 0.25) is 0 Å². The van der Waals surface area contributed by atoms with E-state index < -0.39 is 5.97 Å². The second-order valence-corrected chi connectivity index (χ2v) is 7.83. The summed E-state index contributed by atoms with van der Waals surface area (Å²) >= 11 is 1.48. The highest BCUT2D eigenvalue weighted by Crippen LogP contribution is 2.25. The molecule has 0 aromatic carbocycles. The summed E-state index contributed by atoms with van der Waals surface area (Å²) in [6.07, 6.45) is 3.10. The molecule has 0 bridgehead atoms. The van der Waals surface area contributed by atoms with Gasteiger partial charge in [-0.05, 0) is 31.5 Å². The molecule has 4 aromatic heterocycles. The molecule has 4 rings (SSSR count). The van der Waals surface area contributed by atoms with Crippen molar-refractivity contribution in [2.75, 3.05) is 0 Å². The lowest BCUT2D eigenvalue weighted by Gasteiger charge is -2.07. The van der Waals surface area contributed by atoms with Crippen molar-refractivity contribution in [2.45, 2.75) is 33.4 Å². The van der Waals surface area contributed by atoms with Gasteiger partial charge in [-0.1, -0.05) is 6.07 Å². The number of aryl methyl sites for hydroxylation is 3. The van der Waals surface area contributed by atoms with Gasteiger partial charge < -0.3 is 4.74 Å². The molecule has 0 saturated carbocycles. The van der Waals surface area contributed by atoms with Gasteiger partial charge in [-0.2, -0.15) is 0 Å². The second kappa shape index (κ2) is 7.59. The highest BCUT2D eigenvalue weighted by molar-refractivity contribution is 7.18. The number of ether oxygens (including phenoxy) is 1. The molecule has 0 amide bonds. The first-order chi connectivity index (χ1) is 13.9. The predicted octanol–water partition coefficient (Wildman–Crippen LogP) is 2.22. The number of aromatic nitrogens is 4. The van der Waals surface area contributed by atoms with Crippen LogP contribution in [0.25, 0.3) is 15.9 Å². The number of carbonyl (C=O) groups is 1. The fourth-order valence-corrected chi connectivity index (χ4v) is 4.03. The van der Waals surface area contributed by atoms with Crippen molar-refractivity contribution in [3.8, 4) is 0 Å². The van der Waals surface area contributed by atoms with Crippen molar-refractivity contribution in [1.82, 2.24) is 18.9 Å². The average molecular weight is 410 g/mol. The summed E-state index contributed by atoms with van der Waals surface area (Å²) in [5.74, 6) is -0.481. The van der Waals surface area contributed by atoms with Crippen LogP contribution in [0.5, 0.6) is 0 Å². The van der Waals surface area contributed by atoms with Gasteiger partial charge in [-0.3, -0.25) is 23.4 Å². The van der Waals surface area contributed by atoms with E-state index in [1.807, 2.05) is 13.8 Å². The summed E-state index contributed by atoms with van der Waals surface area (Å²) < 4.78 is 8.06. The first-order valence-corrected chi connectivity index (χ1v) is 9.84. The molecule has 0 N–H and O–H groups in total. The maximum atomic E-state index is 12.6. The van der Waals surface area contributed by atoms with E-state index in [9.17, 15) is 14.4 Å². The van der Waals surface area contributed by atoms with E-state index in [1.165, 1.54) is 32.7 Å². The summed E-state index contributed by atoms with van der Waals surface area (Å²) in [4.78, 5) is 47.2. The van der Waals surface area contributed by atoms with E-state index in [0.717, 1.165) is 10.4 Å². The van der Waals surface area contributed by atoms with Crippen molar-refractivity contribution in [3.63, 3.8) is 0 Å². The van der Waals surface area contributed by atoms with Crippen LogP contribution >= 0.6 is 11.3 Å². The number of fused-ring (bicyclic) bond motifs is 2. The molecule has 29 heavy (non-hydrogen) atoms. The molecule has 9 heteroatoms. The van der Waals surface area contributed by atoms with Crippen LogP contribution < -0.4 is 11.1 Å². The van der Waals surface area contributed by atoms with E-state index >= 15 is 0 Å². The van der Waals surface area contributed by atoms with Crippen molar-refractivity contribution in [1.29, 1.82) is 0 Å². The van der Waals surface area contributed by atoms with E-state index in [4.69, 9.17) is 4.74 Å². The van der Waals surface area contributed by atoms with Crippen molar-refractivity contribution < 1.29 is 9.53 Å². The molecule has 0 unspecified atom stereocenters. The first kappa shape index (κ1) is 19.0. The summed E-state index contributed by atoms with van der Waals surface area (Å²) in [5.41, 5.74) is 1.38. The smallest absolute Gasteiger partial charge is 0.307 e. The van der Waals surface area contributed by atoms with Gasteiger partial charge in [0.15, 0.2) is 0 Å². The third-order valence-electron chi connectivity index (χ3n) is 4.72. The van der Waals surface area contributed by atoms with Gasteiger partial charge in [0.05, 0.1) is 23.8 Å². The van der Waals surface area contributed by atoms with Crippen LogP contribution in [0.15, 0.2) is 46.4 Å². The number of hydrogen-bond donors (Lipinski definition) is 0. The number of pyridine rings is 1. The van der Waals surface area contributed by atoms with Crippen LogP contribution in [0.2, 0.25) is 0 Å². The van der Waals surface area contributed by atoms with Crippen LogP contribution in [-0.4, -0.2) is 24.9 Å². The van der Waals surface area contributed by atoms with Crippen LogP contribution in [0.4, 0.5) is 0 Å². The lowest BCUT2D eigenvalue weighted by molar-refractivity contribution is -0.145. The average Bonchev–Trinajstić information content (AvgIpc) is 3.00. The zero-order chi connectivity index (χ0) is 20.5. The Hall–Kier alpha value is -3.33. The second-order valence-electron chi connectivity index (χ2n) is 6.63. The van der Waals surface area contributed by atoms with Crippen LogP contribution in [0, 0.1) is 13.8 Å². The van der Waals surface area contributed by atoms with Gasteiger partial charge in [0.1, 0.15) is 17.1 Å². The number of nitrogens with zero attached hydrogens (tertiary/aromatic N) is 4. The topological polar surface area (TPSA) is 95.6 Å². The number of carbonyl (C=O) groups excluding carboxylic acids is 1. The lowest BCUT2D eigenvalue weighted by atomic mass is 10.2. The molecular formula is C20H18N4O4S. The van der Waals surface area contributed by atoms with Crippen LogP contribution in [0.1, 0.15) is 22.6 Å². The number of hydrogen-bond acceptors (Lipinski definition) is 7. The Morgan fingerprint density at radius 2 is 2.07 bits per heavy atom. The lowest BCUT2D eigenvalue weighted by Crippen LogP contribution is -2.22. The molecule has 0 radical (unpaired) electrons. The Morgan fingerprint density at radius 3 is 2.90 bits per heavy atom. The van der Waals surface area contributed by atoms with E-state index in [-0.39, 0.29) is 30.7 Å². The van der Waals surface area contributed by atoms with Crippen molar-refractivity contribution in [3.05, 3.63) is 73.6 Å². The molecule has 0 atom stereocenters. The first-order valence-electron chi connectivity index (χ1n) is 9.02. The van der Waals surface area contributed by atoms with Gasteiger partial charge >= 0.3 is 5.97 Å². The highest BCUT2D eigenvalue weighted by Gasteiger charge is 2.13. The molecule has 148 valence electrons. The molecule has 0 aliphatic rings. The van der Waals surface area contributed by atoms with Crippen molar-refractivity contribution in [2.24, 2.45) is 0 Å². The number of esters is 1. The third kappa shape index (κ3) is 3.68. The summed E-state index contributed by atoms with van der Waals surface area (Å²) in [6.45, 7) is 3.92. The molecule has 0 fully saturated rings. The normalized spacial score (nSPS) is 11.2. The molecule has 0 spiro atoms. The highest BCUT2D eigenvalue weighted by atomic mass is 32.1. The molecule has 4 heterocycles. The maximum Gasteiger partial charge on any atom is 0.307 e. The molecule has 0 saturated heterocycles. The number of rotatable bonds is 5. The molecule has 8 nitrogen and oxygen atoms in total. The van der Waals surface area contributed by atoms with Gasteiger partial charge in [0, 0.05) is 23.7 Å². The zero-order valence-corrected chi connectivity index (χ0v) is 16.7. The fraction of sp³-hybridized carbons (Fsp3) is 0.250. The Kier molecular flexibility index (Phi) is 4.98. The minimum absolute atomic E-state index is 0.0157. The Morgan fingerprint density at radius 1 is 1.24 bits per heavy atom. The van der Waals surface area contributed by atoms with Crippen LogP contribution in [-0.2, 0) is 22.7 Å². The van der Waals surface area contributed by atoms with Gasteiger partial charge in [-0.15, -0.1) is 11.3 Å². The Balaban J connectivity index is 1.43. The minimum Gasteiger partial charge on any atom is -0.459 e. The minimum atomic E-state index is -0.481. The van der Waals surface area contributed by atoms with E-state index in [0.29, 0.717) is 21.6 Å². The predicted molar refractivity (Wildman–Crippen MR) is 109 cm³/mol. The number of thiophene rings is 1. The standard InChI is InChI=1S/C20H18N4O4S/c1-12-13(2)29-19-18(12)20(27)23(11-21-19)8-6-17(26)28-10-14-9-16(25)24-7-4-3-5-15(24)22-14/h3-5,7,9,11H,6,8,10H2,1-2H3. The van der Waals surface area contributed by atoms with Gasteiger partial charge in [-0.25, -0.2) is 9.97 Å². The molecule has 0 aliphatic carbocycles. The van der Waals surface area contributed by atoms with Gasteiger partial charge in [0.25, 0.3) is 11.1 Å². The SMILES string of the molecule is Cc1sc2ncn(CCC(=O)OCc3cc(=O)n4ccccc4n3)c(=O)c2c1C. The molecule has 0 aliphatic heterocycles. The Labute approximate surface area is 169 Å². The molecular weight excluding hydrogens is 392 g/mol.